The van der Waals surface area contributed by atoms with E-state index in [-0.39, 0.29) is 0 Å². The highest BCUT2D eigenvalue weighted by Gasteiger charge is 2.13. The third kappa shape index (κ3) is 3.06. The van der Waals surface area contributed by atoms with Crippen LogP contribution in [0.15, 0.2) is 48.9 Å². The van der Waals surface area contributed by atoms with Crippen molar-refractivity contribution in [1.82, 2.24) is 14.6 Å². The number of methoxy groups -OCH3 is 1. The molecule has 0 N–H and O–H groups in total. The molecule has 1 aromatic carbocycles. The Balaban J connectivity index is 2.02. The summed E-state index contributed by atoms with van der Waals surface area (Å²) in [6.07, 6.45) is 6.29. The Morgan fingerprint density at radius 1 is 1.26 bits per heavy atom. The summed E-state index contributed by atoms with van der Waals surface area (Å²) < 4.78 is 12.1. The van der Waals surface area contributed by atoms with Crippen molar-refractivity contribution in [2.75, 3.05) is 7.11 Å². The second-order valence-corrected chi connectivity index (χ2v) is 4.84. The summed E-state index contributed by atoms with van der Waals surface area (Å²) in [4.78, 5) is 15.5. The quantitative estimate of drug-likeness (QED) is 0.547. The van der Waals surface area contributed by atoms with Gasteiger partial charge in [0, 0.05) is 12.3 Å². The minimum atomic E-state index is -0.411. The number of esters is 1. The molecule has 6 heteroatoms. The van der Waals surface area contributed by atoms with Crippen LogP contribution in [0.3, 0.4) is 0 Å². The number of hydrogen-bond acceptors (Lipinski definition) is 5. The zero-order valence-electron chi connectivity index (χ0n) is 12.8. The first kappa shape index (κ1) is 14.8. The maximum absolute atomic E-state index is 11.3. The van der Waals surface area contributed by atoms with Crippen LogP contribution in [-0.2, 0) is 9.53 Å². The number of aryl methyl sites for hydroxylation is 1. The lowest BCUT2D eigenvalue weighted by molar-refractivity contribution is -0.134. The number of rotatable bonds is 4. The Labute approximate surface area is 133 Å². The maximum atomic E-state index is 11.3. The largest absolute Gasteiger partial charge is 0.466 e. The molecule has 0 radical (unpaired) electrons. The first-order valence-corrected chi connectivity index (χ1v) is 7.01. The maximum Gasteiger partial charge on any atom is 0.330 e. The van der Waals surface area contributed by atoms with Gasteiger partial charge < -0.3 is 9.47 Å². The Morgan fingerprint density at radius 3 is 2.78 bits per heavy atom. The lowest BCUT2D eigenvalue weighted by Gasteiger charge is -2.06. The minimum absolute atomic E-state index is 0.411. The van der Waals surface area contributed by atoms with E-state index in [1.165, 1.54) is 19.5 Å². The van der Waals surface area contributed by atoms with Crippen molar-refractivity contribution in [1.29, 1.82) is 0 Å². The molecule has 0 aliphatic rings. The van der Waals surface area contributed by atoms with Crippen LogP contribution in [0, 0.1) is 6.92 Å². The lowest BCUT2D eigenvalue weighted by Crippen LogP contribution is -1.96. The van der Waals surface area contributed by atoms with Crippen molar-refractivity contribution in [2.24, 2.45) is 0 Å². The van der Waals surface area contributed by atoms with Crippen LogP contribution in [0.2, 0.25) is 0 Å². The van der Waals surface area contributed by atoms with Gasteiger partial charge in [-0.2, -0.15) is 10.1 Å². The van der Waals surface area contributed by atoms with Gasteiger partial charge in [0.05, 0.1) is 7.11 Å². The molecule has 2 heterocycles. The lowest BCUT2D eigenvalue weighted by atomic mass is 10.2. The van der Waals surface area contributed by atoms with Crippen LogP contribution < -0.4 is 4.74 Å². The molecule has 0 amide bonds. The van der Waals surface area contributed by atoms with Gasteiger partial charge >= 0.3 is 5.97 Å². The summed E-state index contributed by atoms with van der Waals surface area (Å²) in [5, 5.41) is 4.19. The van der Waals surface area contributed by atoms with E-state index in [0.29, 0.717) is 11.6 Å². The molecule has 0 bridgehead atoms. The average Bonchev–Trinajstić information content (AvgIpc) is 2.91. The Kier molecular flexibility index (Phi) is 4.05. The Bertz CT molecular complexity index is 869. The summed E-state index contributed by atoms with van der Waals surface area (Å²) in [6, 6.07) is 9.41. The number of fused-ring (bicyclic) bond motifs is 1. The monoisotopic (exact) mass is 309 g/mol. The number of carbonyl (C=O) groups is 1. The Hall–Kier alpha value is -3.15. The molecule has 23 heavy (non-hydrogen) atoms. The topological polar surface area (TPSA) is 65.7 Å². The van der Waals surface area contributed by atoms with Gasteiger partial charge in [0.1, 0.15) is 17.6 Å². The third-order valence-corrected chi connectivity index (χ3v) is 3.39. The van der Waals surface area contributed by atoms with Crippen LogP contribution in [0.1, 0.15) is 11.1 Å². The smallest absolute Gasteiger partial charge is 0.330 e. The highest BCUT2D eigenvalue weighted by molar-refractivity contribution is 5.88. The summed E-state index contributed by atoms with van der Waals surface area (Å²) in [5.41, 5.74) is 2.51. The third-order valence-electron chi connectivity index (χ3n) is 3.39. The van der Waals surface area contributed by atoms with Gasteiger partial charge in [0.15, 0.2) is 0 Å². The number of carbonyl (C=O) groups excluding carboxylic acids is 1. The molecular weight excluding hydrogens is 294 g/mol. The molecule has 3 rings (SSSR count). The molecule has 0 saturated heterocycles. The number of aromatic nitrogens is 3. The minimum Gasteiger partial charge on any atom is -0.466 e. The van der Waals surface area contributed by atoms with Crippen molar-refractivity contribution in [3.8, 4) is 11.6 Å². The van der Waals surface area contributed by atoms with Crippen molar-refractivity contribution >= 4 is 17.6 Å². The van der Waals surface area contributed by atoms with E-state index in [1.807, 2.05) is 43.5 Å². The standard InChI is InChI=1S/C17H15N3O3/c1-12-13(8-9-15(21)22-2)10-20-16(12)17(18-11-19-20)23-14-6-4-3-5-7-14/h3-11H,1-2H3. The Morgan fingerprint density at radius 2 is 2.04 bits per heavy atom. The molecule has 0 spiro atoms. The van der Waals surface area contributed by atoms with Gasteiger partial charge in [0.2, 0.25) is 5.88 Å². The highest BCUT2D eigenvalue weighted by atomic mass is 16.5. The van der Waals surface area contributed by atoms with Crippen LogP contribution in [0.25, 0.3) is 11.6 Å². The molecule has 3 aromatic rings. The SMILES string of the molecule is COC(=O)C=Cc1cn2ncnc(Oc3ccccc3)c2c1C. The van der Waals surface area contributed by atoms with E-state index in [4.69, 9.17) is 4.74 Å². The number of hydrogen-bond donors (Lipinski definition) is 0. The van der Waals surface area contributed by atoms with Crippen LogP contribution in [-0.4, -0.2) is 27.7 Å². The van der Waals surface area contributed by atoms with Crippen molar-refractivity contribution in [3.63, 3.8) is 0 Å². The summed E-state index contributed by atoms with van der Waals surface area (Å²) in [7, 11) is 1.34. The van der Waals surface area contributed by atoms with Crippen molar-refractivity contribution in [3.05, 3.63) is 60.1 Å². The van der Waals surface area contributed by atoms with Gasteiger partial charge in [-0.15, -0.1) is 0 Å². The zero-order valence-corrected chi connectivity index (χ0v) is 12.8. The van der Waals surface area contributed by atoms with Crippen LogP contribution in [0.4, 0.5) is 0 Å². The van der Waals surface area contributed by atoms with E-state index < -0.39 is 5.97 Å². The zero-order chi connectivity index (χ0) is 16.2. The molecule has 0 saturated carbocycles. The number of ether oxygens (including phenoxy) is 2. The predicted molar refractivity (Wildman–Crippen MR) is 85.3 cm³/mol. The molecular formula is C17H15N3O3. The van der Waals surface area contributed by atoms with Gasteiger partial charge in [-0.25, -0.2) is 9.31 Å². The summed E-state index contributed by atoms with van der Waals surface area (Å²) >= 11 is 0. The van der Waals surface area contributed by atoms with E-state index in [9.17, 15) is 4.79 Å². The normalized spacial score (nSPS) is 11.0. The highest BCUT2D eigenvalue weighted by Crippen LogP contribution is 2.28. The molecule has 0 atom stereocenters. The fourth-order valence-corrected chi connectivity index (χ4v) is 2.21. The number of nitrogens with zero attached hydrogens (tertiary/aromatic N) is 3. The molecule has 0 fully saturated rings. The second kappa shape index (κ2) is 6.31. The van der Waals surface area contributed by atoms with E-state index in [1.54, 1.807) is 10.6 Å². The number of para-hydroxylation sites is 1. The molecule has 0 aliphatic carbocycles. The van der Waals surface area contributed by atoms with Gasteiger partial charge in [-0.3, -0.25) is 0 Å². The molecule has 116 valence electrons. The van der Waals surface area contributed by atoms with Gasteiger partial charge in [0.25, 0.3) is 0 Å². The van der Waals surface area contributed by atoms with E-state index in [0.717, 1.165) is 16.6 Å². The van der Waals surface area contributed by atoms with Crippen molar-refractivity contribution < 1.29 is 14.3 Å². The fourth-order valence-electron chi connectivity index (χ4n) is 2.21. The predicted octanol–water partition coefficient (Wildman–Crippen LogP) is 3.02. The molecule has 0 unspecified atom stereocenters. The number of benzene rings is 1. The molecule has 6 nitrogen and oxygen atoms in total. The van der Waals surface area contributed by atoms with Crippen LogP contribution in [0.5, 0.6) is 11.6 Å². The van der Waals surface area contributed by atoms with Crippen molar-refractivity contribution in [2.45, 2.75) is 6.92 Å². The van der Waals surface area contributed by atoms with Crippen LogP contribution >= 0.6 is 0 Å². The summed E-state index contributed by atoms with van der Waals surface area (Å²) in [6.45, 7) is 1.92. The van der Waals surface area contributed by atoms with E-state index >= 15 is 0 Å². The first-order valence-electron chi connectivity index (χ1n) is 7.01. The first-order chi connectivity index (χ1) is 11.2. The second-order valence-electron chi connectivity index (χ2n) is 4.84. The fraction of sp³-hybridized carbons (Fsp3) is 0.118. The van der Waals surface area contributed by atoms with Gasteiger partial charge in [-0.05, 0) is 36.3 Å². The van der Waals surface area contributed by atoms with Gasteiger partial charge in [-0.1, -0.05) is 18.2 Å². The van der Waals surface area contributed by atoms with E-state index in [2.05, 4.69) is 14.8 Å². The molecule has 2 aromatic heterocycles. The molecule has 0 aliphatic heterocycles. The summed E-state index contributed by atoms with van der Waals surface area (Å²) in [5.74, 6) is 0.744. The average molecular weight is 309 g/mol.